The Morgan fingerprint density at radius 1 is 1.53 bits per heavy atom. The van der Waals surface area contributed by atoms with Gasteiger partial charge >= 0.3 is 13.1 Å². The molecule has 0 bridgehead atoms. The van der Waals surface area contributed by atoms with Crippen molar-refractivity contribution >= 4 is 18.6 Å². The SMILES string of the molecule is CCOC(=O)C[C@H]1OB(O)c2cc(OC)cc(C)c21. The first-order chi connectivity index (χ1) is 9.06. The first-order valence-electron chi connectivity index (χ1n) is 6.24. The Morgan fingerprint density at radius 3 is 2.89 bits per heavy atom. The number of benzene rings is 1. The van der Waals surface area contributed by atoms with Crippen molar-refractivity contribution in [3.63, 3.8) is 0 Å². The standard InChI is InChI=1S/C13H17BO5/c1-4-18-12(15)7-11-13-8(2)5-9(17-3)6-10(13)14(16)19-11/h5-6,11,16H,4,7H2,1-3H3/t11-/m1/s1. The van der Waals surface area contributed by atoms with E-state index in [1.54, 1.807) is 20.1 Å². The summed E-state index contributed by atoms with van der Waals surface area (Å²) in [5.74, 6) is 0.332. The van der Waals surface area contributed by atoms with Gasteiger partial charge in [0.25, 0.3) is 0 Å². The predicted molar refractivity (Wildman–Crippen MR) is 70.4 cm³/mol. The number of hydrogen-bond acceptors (Lipinski definition) is 5. The highest BCUT2D eigenvalue weighted by molar-refractivity contribution is 6.62. The van der Waals surface area contributed by atoms with E-state index in [9.17, 15) is 9.82 Å². The van der Waals surface area contributed by atoms with E-state index < -0.39 is 13.2 Å². The Labute approximate surface area is 112 Å². The predicted octanol–water partition coefficient (Wildman–Crippen LogP) is 0.716. The smallest absolute Gasteiger partial charge is 0.492 e. The van der Waals surface area contributed by atoms with Gasteiger partial charge in [0.15, 0.2) is 0 Å². The molecule has 1 heterocycles. The van der Waals surface area contributed by atoms with Crippen molar-refractivity contribution in [2.45, 2.75) is 26.4 Å². The van der Waals surface area contributed by atoms with Gasteiger partial charge in [-0.2, -0.15) is 0 Å². The molecular weight excluding hydrogens is 247 g/mol. The zero-order valence-corrected chi connectivity index (χ0v) is 11.3. The molecule has 0 amide bonds. The molecule has 2 rings (SSSR count). The van der Waals surface area contributed by atoms with Crippen molar-refractivity contribution in [1.29, 1.82) is 0 Å². The van der Waals surface area contributed by atoms with E-state index in [0.29, 0.717) is 17.8 Å². The summed E-state index contributed by atoms with van der Waals surface area (Å²) in [6, 6.07) is 3.59. The molecule has 1 aromatic carbocycles. The fourth-order valence-corrected chi connectivity index (χ4v) is 2.37. The largest absolute Gasteiger partial charge is 0.497 e. The maximum Gasteiger partial charge on any atom is 0.492 e. The van der Waals surface area contributed by atoms with Crippen LogP contribution in [-0.2, 0) is 14.2 Å². The second-order valence-electron chi connectivity index (χ2n) is 4.43. The Kier molecular flexibility index (Phi) is 4.12. The summed E-state index contributed by atoms with van der Waals surface area (Å²) in [4.78, 5) is 11.5. The van der Waals surface area contributed by atoms with Crippen LogP contribution in [-0.4, -0.2) is 31.8 Å². The second-order valence-corrected chi connectivity index (χ2v) is 4.43. The Hall–Kier alpha value is -1.53. The lowest BCUT2D eigenvalue weighted by Crippen LogP contribution is -2.28. The normalized spacial score (nSPS) is 17.3. The molecule has 0 saturated heterocycles. The third-order valence-corrected chi connectivity index (χ3v) is 3.17. The van der Waals surface area contributed by atoms with Gasteiger partial charge in [-0.3, -0.25) is 4.79 Å². The van der Waals surface area contributed by atoms with Crippen molar-refractivity contribution in [2.75, 3.05) is 13.7 Å². The van der Waals surface area contributed by atoms with Crippen LogP contribution < -0.4 is 10.2 Å². The van der Waals surface area contributed by atoms with Gasteiger partial charge in [-0.25, -0.2) is 0 Å². The minimum atomic E-state index is -1.02. The first kappa shape index (κ1) is 13.9. The van der Waals surface area contributed by atoms with E-state index in [0.717, 1.165) is 11.1 Å². The lowest BCUT2D eigenvalue weighted by atomic mass is 9.77. The van der Waals surface area contributed by atoms with Crippen LogP contribution in [0.3, 0.4) is 0 Å². The first-order valence-corrected chi connectivity index (χ1v) is 6.24. The van der Waals surface area contributed by atoms with Crippen molar-refractivity contribution in [1.82, 2.24) is 0 Å². The average molecular weight is 264 g/mol. The Morgan fingerprint density at radius 2 is 2.26 bits per heavy atom. The van der Waals surface area contributed by atoms with Crippen LogP contribution >= 0.6 is 0 Å². The molecule has 0 saturated carbocycles. The second kappa shape index (κ2) is 5.63. The zero-order valence-electron chi connectivity index (χ0n) is 11.3. The van der Waals surface area contributed by atoms with Crippen molar-refractivity contribution < 1.29 is 23.9 Å². The average Bonchev–Trinajstić information content (AvgIpc) is 2.66. The molecule has 0 aromatic heterocycles. The summed E-state index contributed by atoms with van der Waals surface area (Å²) < 4.78 is 15.5. The van der Waals surface area contributed by atoms with Crippen LogP contribution in [0.15, 0.2) is 12.1 Å². The lowest BCUT2D eigenvalue weighted by Gasteiger charge is -2.14. The maximum atomic E-state index is 11.5. The van der Waals surface area contributed by atoms with Crippen LogP contribution in [0.5, 0.6) is 5.75 Å². The molecule has 1 aliphatic heterocycles. The maximum absolute atomic E-state index is 11.5. The van der Waals surface area contributed by atoms with Gasteiger partial charge in [0, 0.05) is 0 Å². The summed E-state index contributed by atoms with van der Waals surface area (Å²) in [5.41, 5.74) is 2.44. The molecule has 5 nitrogen and oxygen atoms in total. The molecule has 0 fully saturated rings. The van der Waals surface area contributed by atoms with E-state index >= 15 is 0 Å². The van der Waals surface area contributed by atoms with Crippen molar-refractivity contribution in [3.8, 4) is 5.75 Å². The van der Waals surface area contributed by atoms with E-state index in [4.69, 9.17) is 14.1 Å². The molecule has 0 aliphatic carbocycles. The summed E-state index contributed by atoms with van der Waals surface area (Å²) in [6.07, 6.45) is -0.361. The highest BCUT2D eigenvalue weighted by Crippen LogP contribution is 2.31. The highest BCUT2D eigenvalue weighted by atomic mass is 16.5. The quantitative estimate of drug-likeness (QED) is 0.641. The minimum absolute atomic E-state index is 0.102. The Balaban J connectivity index is 2.28. The molecule has 1 atom stereocenters. The fraction of sp³-hybridized carbons (Fsp3) is 0.462. The summed E-state index contributed by atoms with van der Waals surface area (Å²) in [6.45, 7) is 4.00. The van der Waals surface area contributed by atoms with Crippen LogP contribution in [0.1, 0.15) is 30.6 Å². The number of methoxy groups -OCH3 is 1. The number of esters is 1. The molecule has 0 unspecified atom stereocenters. The highest BCUT2D eigenvalue weighted by Gasteiger charge is 2.38. The fourth-order valence-electron chi connectivity index (χ4n) is 2.37. The monoisotopic (exact) mass is 264 g/mol. The molecule has 6 heteroatoms. The van der Waals surface area contributed by atoms with Gasteiger partial charge < -0.3 is 19.2 Å². The third-order valence-electron chi connectivity index (χ3n) is 3.17. The van der Waals surface area contributed by atoms with E-state index in [-0.39, 0.29) is 12.4 Å². The van der Waals surface area contributed by atoms with Crippen LogP contribution in [0.2, 0.25) is 0 Å². The van der Waals surface area contributed by atoms with Gasteiger partial charge in [-0.1, -0.05) is 0 Å². The van der Waals surface area contributed by atoms with Crippen LogP contribution in [0.25, 0.3) is 0 Å². The number of ether oxygens (including phenoxy) is 2. The van der Waals surface area contributed by atoms with Gasteiger partial charge in [0.2, 0.25) is 0 Å². The molecule has 0 radical (unpaired) electrons. The van der Waals surface area contributed by atoms with Crippen molar-refractivity contribution in [3.05, 3.63) is 23.3 Å². The number of rotatable bonds is 4. The number of fused-ring (bicyclic) bond motifs is 1. The van der Waals surface area contributed by atoms with Gasteiger partial charge in [0.05, 0.1) is 26.2 Å². The molecule has 1 aromatic rings. The zero-order chi connectivity index (χ0) is 14.0. The molecule has 19 heavy (non-hydrogen) atoms. The molecule has 102 valence electrons. The lowest BCUT2D eigenvalue weighted by molar-refractivity contribution is -0.145. The minimum Gasteiger partial charge on any atom is -0.497 e. The third kappa shape index (κ3) is 2.74. The van der Waals surface area contributed by atoms with Gasteiger partial charge in [-0.15, -0.1) is 0 Å². The summed E-state index contributed by atoms with van der Waals surface area (Å²) in [7, 11) is 0.544. The topological polar surface area (TPSA) is 65.0 Å². The molecule has 0 spiro atoms. The van der Waals surface area contributed by atoms with E-state index in [1.165, 1.54) is 0 Å². The number of aryl methyl sites for hydroxylation is 1. The van der Waals surface area contributed by atoms with E-state index in [2.05, 4.69) is 0 Å². The van der Waals surface area contributed by atoms with Crippen LogP contribution in [0, 0.1) is 6.92 Å². The molecule has 1 aliphatic rings. The summed E-state index contributed by atoms with van der Waals surface area (Å²) in [5, 5.41) is 9.91. The van der Waals surface area contributed by atoms with Gasteiger partial charge in [-0.05, 0) is 42.6 Å². The number of hydrogen-bond donors (Lipinski definition) is 1. The van der Waals surface area contributed by atoms with Gasteiger partial charge in [0.1, 0.15) is 5.75 Å². The number of carbonyl (C=O) groups is 1. The van der Waals surface area contributed by atoms with Crippen LogP contribution in [0.4, 0.5) is 0 Å². The summed E-state index contributed by atoms with van der Waals surface area (Å²) >= 11 is 0. The Bertz CT molecular complexity index is 488. The number of carbonyl (C=O) groups excluding carboxylic acids is 1. The van der Waals surface area contributed by atoms with E-state index in [1.807, 2.05) is 13.0 Å². The van der Waals surface area contributed by atoms with Crippen molar-refractivity contribution in [2.24, 2.45) is 0 Å². The molecular formula is C13H17BO5. The molecule has 1 N–H and O–H groups in total.